The van der Waals surface area contributed by atoms with Crippen LogP contribution in [0.15, 0.2) is 42.7 Å². The molecule has 0 aliphatic carbocycles. The summed E-state index contributed by atoms with van der Waals surface area (Å²) in [7, 11) is 0. The van der Waals surface area contributed by atoms with E-state index in [2.05, 4.69) is 59.6 Å². The summed E-state index contributed by atoms with van der Waals surface area (Å²) >= 11 is 0. The van der Waals surface area contributed by atoms with Crippen LogP contribution in [0.1, 0.15) is 26.7 Å². The van der Waals surface area contributed by atoms with Gasteiger partial charge in [0.05, 0.1) is 18.7 Å². The zero-order valence-corrected chi connectivity index (χ0v) is 11.9. The normalized spacial score (nSPS) is 10.8. The Kier molecular flexibility index (Phi) is 5.16. The van der Waals surface area contributed by atoms with Gasteiger partial charge in [-0.2, -0.15) is 0 Å². The zero-order chi connectivity index (χ0) is 13.5. The molecule has 1 heterocycles. The molecule has 0 saturated carbocycles. The van der Waals surface area contributed by atoms with Gasteiger partial charge in [-0.25, -0.2) is 9.13 Å². The maximum atomic E-state index is 5.73. The summed E-state index contributed by atoms with van der Waals surface area (Å²) < 4.78 is 10.2. The first-order chi connectivity index (χ1) is 9.36. The van der Waals surface area contributed by atoms with Crippen molar-refractivity contribution in [3.05, 3.63) is 42.7 Å². The third-order valence-corrected chi connectivity index (χ3v) is 3.22. The second-order valence-electron chi connectivity index (χ2n) is 4.63. The number of hydrogen-bond acceptors (Lipinski definition) is 1. The third kappa shape index (κ3) is 3.44. The molecule has 0 spiro atoms. The quantitative estimate of drug-likeness (QED) is 0.551. The molecular weight excluding hydrogens is 236 g/mol. The van der Waals surface area contributed by atoms with Gasteiger partial charge in [-0.15, -0.1) is 0 Å². The van der Waals surface area contributed by atoms with Crippen molar-refractivity contribution in [2.24, 2.45) is 0 Å². The number of rotatable bonds is 7. The topological polar surface area (TPSA) is 18.0 Å². The van der Waals surface area contributed by atoms with Gasteiger partial charge in [0.15, 0.2) is 6.73 Å². The van der Waals surface area contributed by atoms with Crippen LogP contribution < -0.4 is 4.57 Å². The summed E-state index contributed by atoms with van der Waals surface area (Å²) in [6, 6.07) is 10.5. The van der Waals surface area contributed by atoms with E-state index < -0.39 is 0 Å². The Morgan fingerprint density at radius 1 is 1.16 bits per heavy atom. The van der Waals surface area contributed by atoms with Crippen LogP contribution in [0.25, 0.3) is 11.4 Å². The number of hydrogen-bond donors (Lipinski definition) is 0. The summed E-state index contributed by atoms with van der Waals surface area (Å²) in [6.45, 7) is 6.76. The van der Waals surface area contributed by atoms with Crippen LogP contribution in [-0.4, -0.2) is 11.2 Å². The molecule has 0 aliphatic heterocycles. The fourth-order valence-corrected chi connectivity index (χ4v) is 2.15. The molecule has 0 unspecified atom stereocenters. The van der Waals surface area contributed by atoms with E-state index >= 15 is 0 Å². The first-order valence-electron chi connectivity index (χ1n) is 7.08. The monoisotopic (exact) mass is 259 g/mol. The van der Waals surface area contributed by atoms with E-state index in [9.17, 15) is 0 Å². The van der Waals surface area contributed by atoms with E-state index in [0.29, 0.717) is 6.73 Å². The highest BCUT2D eigenvalue weighted by Gasteiger charge is 2.17. The Labute approximate surface area is 115 Å². The number of unbranched alkanes of at least 4 members (excludes halogenated alkanes) is 1. The van der Waals surface area contributed by atoms with E-state index in [4.69, 9.17) is 4.74 Å². The summed E-state index contributed by atoms with van der Waals surface area (Å²) in [5.74, 6) is 1.21. The van der Waals surface area contributed by atoms with Crippen molar-refractivity contribution in [2.45, 2.75) is 40.0 Å². The lowest BCUT2D eigenvalue weighted by atomic mass is 10.2. The second-order valence-corrected chi connectivity index (χ2v) is 4.63. The predicted molar refractivity (Wildman–Crippen MR) is 76.6 cm³/mol. The fraction of sp³-hybridized carbons (Fsp3) is 0.438. The first kappa shape index (κ1) is 13.8. The lowest BCUT2D eigenvalue weighted by Crippen LogP contribution is -2.36. The van der Waals surface area contributed by atoms with E-state index in [-0.39, 0.29) is 0 Å². The minimum atomic E-state index is 0.622. The van der Waals surface area contributed by atoms with Gasteiger partial charge in [-0.3, -0.25) is 0 Å². The molecule has 0 bridgehead atoms. The smallest absolute Gasteiger partial charge is 0.290 e. The van der Waals surface area contributed by atoms with Crippen molar-refractivity contribution >= 4 is 0 Å². The van der Waals surface area contributed by atoms with Crippen LogP contribution in [0, 0.1) is 0 Å². The van der Waals surface area contributed by atoms with Crippen LogP contribution in [0.4, 0.5) is 0 Å². The van der Waals surface area contributed by atoms with Gasteiger partial charge in [-0.05, 0) is 25.5 Å². The molecule has 19 heavy (non-hydrogen) atoms. The molecule has 0 atom stereocenters. The SMILES string of the molecule is CCCCOC[n+]1ccn(CC)c1-c1ccccc1. The maximum Gasteiger partial charge on any atom is 0.290 e. The molecule has 3 heteroatoms. The lowest BCUT2D eigenvalue weighted by Gasteiger charge is -2.05. The summed E-state index contributed by atoms with van der Waals surface area (Å²) in [5.41, 5.74) is 1.23. The van der Waals surface area contributed by atoms with Gasteiger partial charge >= 0.3 is 0 Å². The molecule has 0 aliphatic rings. The van der Waals surface area contributed by atoms with Crippen LogP contribution in [0.3, 0.4) is 0 Å². The van der Waals surface area contributed by atoms with Gasteiger partial charge < -0.3 is 4.74 Å². The number of benzene rings is 1. The summed E-state index contributed by atoms with van der Waals surface area (Å²) in [4.78, 5) is 0. The maximum absolute atomic E-state index is 5.73. The average molecular weight is 259 g/mol. The van der Waals surface area contributed by atoms with Gasteiger partial charge in [0.2, 0.25) is 0 Å². The summed E-state index contributed by atoms with van der Waals surface area (Å²) in [5, 5.41) is 0. The number of imidazole rings is 1. The first-order valence-corrected chi connectivity index (χ1v) is 7.08. The van der Waals surface area contributed by atoms with E-state index in [0.717, 1.165) is 19.6 Å². The molecule has 2 rings (SSSR count). The number of ether oxygens (including phenoxy) is 1. The highest BCUT2D eigenvalue weighted by molar-refractivity contribution is 5.52. The molecule has 0 N–H and O–H groups in total. The largest absolute Gasteiger partial charge is 0.342 e. The van der Waals surface area contributed by atoms with E-state index in [1.807, 2.05) is 6.07 Å². The third-order valence-electron chi connectivity index (χ3n) is 3.22. The highest BCUT2D eigenvalue weighted by atomic mass is 16.5. The van der Waals surface area contributed by atoms with Crippen LogP contribution in [0.5, 0.6) is 0 Å². The van der Waals surface area contributed by atoms with E-state index in [1.165, 1.54) is 17.8 Å². The Balaban J connectivity index is 2.18. The van der Waals surface area contributed by atoms with E-state index in [1.54, 1.807) is 0 Å². The molecule has 1 aromatic heterocycles. The van der Waals surface area contributed by atoms with Crippen molar-refractivity contribution in [1.82, 2.24) is 4.57 Å². The zero-order valence-electron chi connectivity index (χ0n) is 11.9. The fourth-order valence-electron chi connectivity index (χ4n) is 2.15. The van der Waals surface area contributed by atoms with Crippen molar-refractivity contribution in [2.75, 3.05) is 6.61 Å². The Hall–Kier alpha value is -1.61. The van der Waals surface area contributed by atoms with Crippen molar-refractivity contribution in [3.8, 4) is 11.4 Å². The predicted octanol–water partition coefficient (Wildman–Crippen LogP) is 3.24. The standard InChI is InChI=1S/C16H23N2O/c1-3-5-13-19-14-18-12-11-17(4-2)16(18)15-9-7-6-8-10-15/h6-12H,3-5,13-14H2,1-2H3/q+1. The van der Waals surface area contributed by atoms with Gasteiger partial charge in [0.25, 0.3) is 5.82 Å². The van der Waals surface area contributed by atoms with Gasteiger partial charge in [-0.1, -0.05) is 31.5 Å². The Bertz CT molecular complexity index is 491. The molecule has 0 fully saturated rings. The number of nitrogens with zero attached hydrogens (tertiary/aromatic N) is 2. The molecule has 0 saturated heterocycles. The molecule has 3 nitrogen and oxygen atoms in total. The highest BCUT2D eigenvalue weighted by Crippen LogP contribution is 2.15. The Morgan fingerprint density at radius 2 is 1.95 bits per heavy atom. The van der Waals surface area contributed by atoms with Gasteiger partial charge in [0, 0.05) is 0 Å². The molecule has 0 amide bonds. The van der Waals surface area contributed by atoms with Crippen LogP contribution in [-0.2, 0) is 18.0 Å². The van der Waals surface area contributed by atoms with Crippen LogP contribution in [0.2, 0.25) is 0 Å². The molecule has 102 valence electrons. The lowest BCUT2D eigenvalue weighted by molar-refractivity contribution is -0.722. The molecule has 2 aromatic rings. The van der Waals surface area contributed by atoms with Crippen LogP contribution >= 0.6 is 0 Å². The number of aromatic nitrogens is 2. The summed E-state index contributed by atoms with van der Waals surface area (Å²) in [6.07, 6.45) is 6.51. The van der Waals surface area contributed by atoms with Gasteiger partial charge in [0.1, 0.15) is 12.4 Å². The molecular formula is C16H23N2O+. The second kappa shape index (κ2) is 7.10. The van der Waals surface area contributed by atoms with Crippen molar-refractivity contribution in [3.63, 3.8) is 0 Å². The minimum absolute atomic E-state index is 0.622. The average Bonchev–Trinajstić information content (AvgIpc) is 2.87. The molecule has 1 aromatic carbocycles. The minimum Gasteiger partial charge on any atom is -0.342 e. The Morgan fingerprint density at radius 3 is 2.63 bits per heavy atom. The van der Waals surface area contributed by atoms with Crippen molar-refractivity contribution < 1.29 is 9.30 Å². The molecule has 0 radical (unpaired) electrons. The number of aryl methyl sites for hydroxylation is 1. The van der Waals surface area contributed by atoms with Crippen molar-refractivity contribution in [1.29, 1.82) is 0 Å².